The van der Waals surface area contributed by atoms with Crippen LogP contribution in [-0.4, -0.2) is 48.4 Å². The van der Waals surface area contributed by atoms with Crippen molar-refractivity contribution in [1.29, 1.82) is 0 Å². The number of pyridine rings is 2. The van der Waals surface area contributed by atoms with E-state index in [1.807, 2.05) is 36.4 Å². The van der Waals surface area contributed by atoms with Gasteiger partial charge in [-0.05, 0) is 42.3 Å². The van der Waals surface area contributed by atoms with Crippen molar-refractivity contribution in [3.8, 4) is 11.3 Å². The van der Waals surface area contributed by atoms with Gasteiger partial charge in [-0.3, -0.25) is 15.2 Å². The van der Waals surface area contributed by atoms with Gasteiger partial charge in [-0.1, -0.05) is 18.2 Å². The summed E-state index contributed by atoms with van der Waals surface area (Å²) in [5.41, 5.74) is 3.66. The van der Waals surface area contributed by atoms with Gasteiger partial charge in [0.15, 0.2) is 5.82 Å². The molecule has 0 saturated carbocycles. The third-order valence-corrected chi connectivity index (χ3v) is 5.59. The summed E-state index contributed by atoms with van der Waals surface area (Å²) in [6, 6.07) is 14.4. The quantitative estimate of drug-likeness (QED) is 0.656. The Balaban J connectivity index is 1.51. The number of nitrogens with zero attached hydrogens (tertiary/aromatic N) is 5. The zero-order chi connectivity index (χ0) is 21.4. The van der Waals surface area contributed by atoms with Crippen LogP contribution in [0.15, 0.2) is 59.7 Å². The molecule has 1 saturated heterocycles. The molecule has 1 fully saturated rings. The van der Waals surface area contributed by atoms with Gasteiger partial charge in [0.1, 0.15) is 11.6 Å². The number of benzene rings is 1. The Morgan fingerprint density at radius 1 is 1.26 bits per heavy atom. The molecule has 0 unspecified atom stereocenters. The van der Waals surface area contributed by atoms with Crippen molar-refractivity contribution in [3.63, 3.8) is 0 Å². The second-order valence-corrected chi connectivity index (χ2v) is 7.60. The summed E-state index contributed by atoms with van der Waals surface area (Å²) in [7, 11) is 1.74. The second-order valence-electron chi connectivity index (χ2n) is 7.60. The van der Waals surface area contributed by atoms with Crippen LogP contribution in [0.1, 0.15) is 12.0 Å². The van der Waals surface area contributed by atoms with Gasteiger partial charge < -0.3 is 4.90 Å². The van der Waals surface area contributed by atoms with Crippen LogP contribution in [0.3, 0.4) is 0 Å². The van der Waals surface area contributed by atoms with E-state index in [1.165, 1.54) is 12.1 Å². The molecule has 31 heavy (non-hydrogen) atoms. The summed E-state index contributed by atoms with van der Waals surface area (Å²) in [6.07, 6.45) is 3.74. The van der Waals surface area contributed by atoms with Crippen molar-refractivity contribution >= 4 is 29.6 Å². The highest BCUT2D eigenvalue weighted by Gasteiger charge is 2.40. The number of fused-ring (bicyclic) bond motifs is 4. The first-order valence-corrected chi connectivity index (χ1v) is 10.1. The molecule has 1 aromatic carbocycles. The molecule has 8 heteroatoms. The lowest BCUT2D eigenvalue weighted by Crippen LogP contribution is -2.48. The van der Waals surface area contributed by atoms with E-state index in [2.05, 4.69) is 20.2 Å². The van der Waals surface area contributed by atoms with Gasteiger partial charge in [-0.2, -0.15) is 0 Å². The molecule has 1 atom stereocenters. The largest absolute Gasteiger partial charge is 0.366 e. The Bertz CT molecular complexity index is 1160. The van der Waals surface area contributed by atoms with Crippen molar-refractivity contribution in [2.75, 3.05) is 35.3 Å². The van der Waals surface area contributed by atoms with Crippen LogP contribution < -0.4 is 15.1 Å². The minimum absolute atomic E-state index is 0.0225. The number of anilines is 3. The predicted octanol–water partition coefficient (Wildman–Crippen LogP) is 3.96. The molecule has 4 heterocycles. The van der Waals surface area contributed by atoms with E-state index in [1.54, 1.807) is 18.2 Å². The number of nitrogens with one attached hydrogen (secondary N) is 1. The average Bonchev–Trinajstić information content (AvgIpc) is 3.20. The smallest absolute Gasteiger partial charge is 0.329 e. The minimum Gasteiger partial charge on any atom is -0.366 e. The van der Waals surface area contributed by atoms with Crippen LogP contribution in [0.25, 0.3) is 11.3 Å². The maximum atomic E-state index is 13.2. The normalized spacial score (nSPS) is 17.2. The minimum atomic E-state index is -0.450. The van der Waals surface area contributed by atoms with Gasteiger partial charge in [0, 0.05) is 31.9 Å². The van der Waals surface area contributed by atoms with Gasteiger partial charge >= 0.3 is 6.03 Å². The fourth-order valence-corrected chi connectivity index (χ4v) is 4.18. The summed E-state index contributed by atoms with van der Waals surface area (Å²) < 4.78 is 13.2. The molecule has 5 rings (SSSR count). The fourth-order valence-electron chi connectivity index (χ4n) is 4.18. The molecular weight excluding hydrogens is 395 g/mol. The van der Waals surface area contributed by atoms with Gasteiger partial charge in [-0.15, -0.1) is 0 Å². The Kier molecular flexibility index (Phi) is 4.82. The highest BCUT2D eigenvalue weighted by molar-refractivity contribution is 6.04. The first kappa shape index (κ1) is 19.2. The van der Waals surface area contributed by atoms with Crippen molar-refractivity contribution in [2.45, 2.75) is 12.5 Å². The molecular formula is C23H21FN6O. The lowest BCUT2D eigenvalue weighted by atomic mass is 10.1. The van der Waals surface area contributed by atoms with Crippen LogP contribution in [0.4, 0.5) is 26.5 Å². The predicted molar refractivity (Wildman–Crippen MR) is 120 cm³/mol. The Morgan fingerprint density at radius 3 is 2.97 bits per heavy atom. The second kappa shape index (κ2) is 7.79. The highest BCUT2D eigenvalue weighted by atomic mass is 19.1. The van der Waals surface area contributed by atoms with Crippen molar-refractivity contribution < 1.29 is 9.18 Å². The molecule has 7 nitrogen and oxygen atoms in total. The van der Waals surface area contributed by atoms with Gasteiger partial charge in [0.2, 0.25) is 0 Å². The van der Waals surface area contributed by atoms with Crippen molar-refractivity contribution in [3.05, 3.63) is 66.1 Å². The standard InChI is InChI=1S/C23H21FN6O/c1-25-12-15-3-2-4-16(11-15)19-6-7-20-22(27-19)30(18-9-10-29(20)14-18)23(31)28-21-8-5-17(24)13-26-21/h2-8,11-13,18H,9-10,14H2,1H3,(H,26,28,31)/b25-12-/t18-/m0/s1. The Labute approximate surface area is 179 Å². The summed E-state index contributed by atoms with van der Waals surface area (Å²) in [4.78, 5) is 30.1. The molecule has 2 aliphatic rings. The lowest BCUT2D eigenvalue weighted by molar-refractivity contribution is 0.254. The van der Waals surface area contributed by atoms with E-state index in [9.17, 15) is 9.18 Å². The van der Waals surface area contributed by atoms with Crippen molar-refractivity contribution in [2.24, 2.45) is 4.99 Å². The summed E-state index contributed by atoms with van der Waals surface area (Å²) in [6.45, 7) is 1.64. The average molecular weight is 416 g/mol. The van der Waals surface area contributed by atoms with E-state index < -0.39 is 5.82 Å². The number of carbonyl (C=O) groups is 1. The van der Waals surface area contributed by atoms with Crippen LogP contribution in [-0.2, 0) is 0 Å². The number of carbonyl (C=O) groups excluding carboxylic acids is 1. The van der Waals surface area contributed by atoms with E-state index in [0.29, 0.717) is 11.6 Å². The van der Waals surface area contributed by atoms with E-state index in [0.717, 1.165) is 48.2 Å². The number of amides is 2. The molecule has 2 aromatic heterocycles. The number of urea groups is 1. The molecule has 2 aliphatic heterocycles. The SMILES string of the molecule is C/N=C\c1cccc(-c2ccc3c(n2)N(C(=O)Nc2ccc(F)cn2)[C@H]2CCN3C2)c1. The van der Waals surface area contributed by atoms with Crippen LogP contribution >= 0.6 is 0 Å². The Morgan fingerprint density at radius 2 is 2.16 bits per heavy atom. The number of aromatic nitrogens is 2. The third kappa shape index (κ3) is 3.61. The lowest BCUT2D eigenvalue weighted by Gasteiger charge is -2.35. The molecule has 1 N–H and O–H groups in total. The van der Waals surface area contributed by atoms with Crippen LogP contribution in [0.2, 0.25) is 0 Å². The number of hydrogen-bond acceptors (Lipinski definition) is 5. The van der Waals surface area contributed by atoms with E-state index >= 15 is 0 Å². The number of hydrogen-bond donors (Lipinski definition) is 1. The zero-order valence-corrected chi connectivity index (χ0v) is 17.0. The topological polar surface area (TPSA) is 73.7 Å². The summed E-state index contributed by atoms with van der Waals surface area (Å²) >= 11 is 0. The van der Waals surface area contributed by atoms with Crippen LogP contribution in [0, 0.1) is 5.82 Å². The van der Waals surface area contributed by atoms with E-state index in [-0.39, 0.29) is 12.1 Å². The van der Waals surface area contributed by atoms with E-state index in [4.69, 9.17) is 4.98 Å². The van der Waals surface area contributed by atoms with Gasteiger partial charge in [0.25, 0.3) is 0 Å². The number of halogens is 1. The summed E-state index contributed by atoms with van der Waals surface area (Å²) in [5.74, 6) is 0.478. The first-order valence-electron chi connectivity index (χ1n) is 10.1. The zero-order valence-electron chi connectivity index (χ0n) is 17.0. The number of aliphatic imine (C=N–C) groups is 1. The fraction of sp³-hybridized carbons (Fsp3) is 0.217. The molecule has 0 aliphatic carbocycles. The maximum Gasteiger partial charge on any atom is 0.329 e. The number of rotatable bonds is 3. The first-order chi connectivity index (χ1) is 15.1. The molecule has 156 valence electrons. The molecule has 0 radical (unpaired) electrons. The van der Waals surface area contributed by atoms with Gasteiger partial charge in [-0.25, -0.2) is 19.2 Å². The molecule has 0 spiro atoms. The molecule has 2 bridgehead atoms. The molecule has 2 amide bonds. The third-order valence-electron chi connectivity index (χ3n) is 5.59. The monoisotopic (exact) mass is 416 g/mol. The Hall–Kier alpha value is -3.81. The van der Waals surface area contributed by atoms with Crippen LogP contribution in [0.5, 0.6) is 0 Å². The summed E-state index contributed by atoms with van der Waals surface area (Å²) in [5, 5.41) is 2.78. The van der Waals surface area contributed by atoms with Gasteiger partial charge in [0.05, 0.1) is 23.6 Å². The molecule has 3 aromatic rings. The maximum absolute atomic E-state index is 13.2. The van der Waals surface area contributed by atoms with Crippen molar-refractivity contribution in [1.82, 2.24) is 9.97 Å². The highest BCUT2D eigenvalue weighted by Crippen LogP contribution is 2.40.